The first-order valence-electron chi connectivity index (χ1n) is 11.5. The molecule has 2 amide bonds. The second-order valence-corrected chi connectivity index (χ2v) is 10.7. The summed E-state index contributed by atoms with van der Waals surface area (Å²) in [6.07, 6.45) is 1.81. The average molecular weight is 518 g/mol. The van der Waals surface area contributed by atoms with Crippen molar-refractivity contribution in [3.8, 4) is 11.1 Å². The van der Waals surface area contributed by atoms with Gasteiger partial charge in [-0.05, 0) is 29.3 Å². The number of rotatable bonds is 7. The Balaban J connectivity index is 1.37. The first kappa shape index (κ1) is 25.6. The molecule has 2 fully saturated rings. The van der Waals surface area contributed by atoms with Crippen molar-refractivity contribution in [1.82, 2.24) is 14.6 Å². The number of sulfonamides is 1. The molecule has 2 aromatic rings. The summed E-state index contributed by atoms with van der Waals surface area (Å²) in [5, 5.41) is 8.85. The molecule has 10 nitrogen and oxygen atoms in total. The Labute approximate surface area is 209 Å². The summed E-state index contributed by atoms with van der Waals surface area (Å²) in [6.45, 7) is 3.62. The van der Waals surface area contributed by atoms with E-state index in [1.807, 2.05) is 17.1 Å². The molecule has 0 spiro atoms. The zero-order chi connectivity index (χ0) is 25.9. The molecule has 1 N–H and O–H groups in total. The number of carbonyl (C=O) groups excluding carboxylic acids is 2. The van der Waals surface area contributed by atoms with E-state index < -0.39 is 28.0 Å². The van der Waals surface area contributed by atoms with E-state index in [0.29, 0.717) is 43.0 Å². The highest BCUT2D eigenvalue weighted by Crippen LogP contribution is 2.29. The highest BCUT2D eigenvalue weighted by Gasteiger charge is 2.32. The van der Waals surface area contributed by atoms with Crippen LogP contribution in [0.4, 0.5) is 14.9 Å². The van der Waals surface area contributed by atoms with Gasteiger partial charge in [-0.25, -0.2) is 17.6 Å². The molecule has 0 aliphatic carbocycles. The predicted molar refractivity (Wildman–Crippen MR) is 134 cm³/mol. The average Bonchev–Trinajstić information content (AvgIpc) is 3.22. The fraction of sp³-hybridized carbons (Fsp3) is 0.375. The zero-order valence-electron chi connectivity index (χ0n) is 20.1. The summed E-state index contributed by atoms with van der Waals surface area (Å²) in [7, 11) is -3.18. The third kappa shape index (κ3) is 6.18. The minimum Gasteiger partial charge on any atom is -0.442 e. The topological polar surface area (TPSA) is 112 Å². The van der Waals surface area contributed by atoms with Gasteiger partial charge in [-0.1, -0.05) is 24.3 Å². The molecule has 192 valence electrons. The van der Waals surface area contributed by atoms with Gasteiger partial charge in [0.15, 0.2) is 0 Å². The minimum absolute atomic E-state index is 0.199. The van der Waals surface area contributed by atoms with Crippen LogP contribution in [-0.4, -0.2) is 87.6 Å². The van der Waals surface area contributed by atoms with Gasteiger partial charge < -0.3 is 10.1 Å². The molecule has 0 radical (unpaired) electrons. The van der Waals surface area contributed by atoms with Crippen LogP contribution in [0.1, 0.15) is 12.5 Å². The van der Waals surface area contributed by atoms with E-state index in [-0.39, 0.29) is 19.0 Å². The molecule has 0 bridgehead atoms. The van der Waals surface area contributed by atoms with E-state index >= 15 is 0 Å². The predicted octanol–water partition coefficient (Wildman–Crippen LogP) is 1.87. The van der Waals surface area contributed by atoms with E-state index in [0.717, 1.165) is 5.56 Å². The molecule has 4 rings (SSSR count). The number of piperazine rings is 1. The normalized spacial score (nSPS) is 19.1. The fourth-order valence-corrected chi connectivity index (χ4v) is 4.85. The number of hydrogen-bond donors (Lipinski definition) is 1. The molecule has 2 aromatic carbocycles. The molecule has 2 aliphatic heterocycles. The summed E-state index contributed by atoms with van der Waals surface area (Å²) >= 11 is 0. The smallest absolute Gasteiger partial charge is 0.414 e. The number of anilines is 1. The van der Waals surface area contributed by atoms with Crippen LogP contribution in [0.3, 0.4) is 0 Å². The lowest BCUT2D eigenvalue weighted by atomic mass is 10.0. The van der Waals surface area contributed by atoms with E-state index in [1.54, 1.807) is 30.5 Å². The van der Waals surface area contributed by atoms with Crippen molar-refractivity contribution in [3.05, 3.63) is 53.8 Å². The van der Waals surface area contributed by atoms with Crippen molar-refractivity contribution >= 4 is 33.9 Å². The molecular formula is C24H28FN5O5S. The van der Waals surface area contributed by atoms with E-state index in [9.17, 15) is 22.4 Å². The molecule has 2 aliphatic rings. The van der Waals surface area contributed by atoms with Gasteiger partial charge in [0.2, 0.25) is 15.9 Å². The SMILES string of the molecule is CC(=O)NC[C@H]1CN(c2ccc(-c3ccc(/C=N/N4CCN(S(C)(=O)=O)CC4)cc3)c(F)c2)C(=O)O1. The summed E-state index contributed by atoms with van der Waals surface area (Å²) in [5.74, 6) is -0.694. The second-order valence-electron chi connectivity index (χ2n) is 8.70. The number of halogens is 1. The Hall–Kier alpha value is -3.51. The first-order valence-corrected chi connectivity index (χ1v) is 13.3. The molecule has 12 heteroatoms. The maximum Gasteiger partial charge on any atom is 0.414 e. The summed E-state index contributed by atoms with van der Waals surface area (Å²) < 4.78 is 44.9. The standard InChI is InChI=1S/C24H28FN5O5S/c1-17(31)26-15-21-16-30(24(32)35-21)20-7-8-22(23(25)13-20)19-5-3-18(4-6-19)14-27-28-9-11-29(12-10-28)36(2,33)34/h3-8,13-14,21H,9-12,15-16H2,1-2H3,(H,26,31)/b27-14+/t21-/m0/s1. The molecule has 0 aromatic heterocycles. The lowest BCUT2D eigenvalue weighted by Gasteiger charge is -2.31. The van der Waals surface area contributed by atoms with Crippen LogP contribution in [0.25, 0.3) is 11.1 Å². The lowest BCUT2D eigenvalue weighted by Crippen LogP contribution is -2.46. The number of hydrogen-bond acceptors (Lipinski definition) is 7. The Bertz CT molecular complexity index is 1260. The minimum atomic E-state index is -3.18. The van der Waals surface area contributed by atoms with Crippen LogP contribution in [0.5, 0.6) is 0 Å². The van der Waals surface area contributed by atoms with Gasteiger partial charge in [-0.15, -0.1) is 0 Å². The number of nitrogens with one attached hydrogen (secondary N) is 1. The fourth-order valence-electron chi connectivity index (χ4n) is 4.02. The van der Waals surface area contributed by atoms with Crippen LogP contribution in [0.2, 0.25) is 0 Å². The first-order chi connectivity index (χ1) is 17.1. The van der Waals surface area contributed by atoms with Gasteiger partial charge in [-0.3, -0.25) is 14.7 Å². The number of carbonyl (C=O) groups is 2. The van der Waals surface area contributed by atoms with Crippen molar-refractivity contribution in [2.75, 3.05) is 50.4 Å². The number of ether oxygens (including phenoxy) is 1. The monoisotopic (exact) mass is 517 g/mol. The van der Waals surface area contributed by atoms with Gasteiger partial charge in [0, 0.05) is 38.7 Å². The largest absolute Gasteiger partial charge is 0.442 e. The van der Waals surface area contributed by atoms with E-state index in [2.05, 4.69) is 10.4 Å². The summed E-state index contributed by atoms with van der Waals surface area (Å²) in [6, 6.07) is 11.8. The zero-order valence-corrected chi connectivity index (χ0v) is 20.9. The quantitative estimate of drug-likeness (QED) is 0.562. The van der Waals surface area contributed by atoms with E-state index in [4.69, 9.17) is 4.74 Å². The van der Waals surface area contributed by atoms with Crippen LogP contribution >= 0.6 is 0 Å². The number of benzene rings is 2. The molecular weight excluding hydrogens is 489 g/mol. The second kappa shape index (κ2) is 10.6. The Kier molecular flexibility index (Phi) is 7.55. The van der Waals surface area contributed by atoms with Gasteiger partial charge in [0.1, 0.15) is 11.9 Å². The Morgan fingerprint density at radius 3 is 2.47 bits per heavy atom. The lowest BCUT2D eigenvalue weighted by molar-refractivity contribution is -0.119. The Morgan fingerprint density at radius 1 is 1.17 bits per heavy atom. The van der Waals surface area contributed by atoms with Crippen molar-refractivity contribution in [2.24, 2.45) is 5.10 Å². The van der Waals surface area contributed by atoms with Crippen LogP contribution in [0, 0.1) is 5.82 Å². The molecule has 0 unspecified atom stereocenters. The summed E-state index contributed by atoms with van der Waals surface area (Å²) in [5.41, 5.74) is 2.27. The number of cyclic esters (lactones) is 1. The van der Waals surface area contributed by atoms with Crippen LogP contribution in [0.15, 0.2) is 47.6 Å². The maximum absolute atomic E-state index is 15.0. The van der Waals surface area contributed by atoms with Crippen molar-refractivity contribution < 1.29 is 27.1 Å². The highest BCUT2D eigenvalue weighted by atomic mass is 32.2. The molecule has 2 saturated heterocycles. The van der Waals surface area contributed by atoms with Crippen molar-refractivity contribution in [3.63, 3.8) is 0 Å². The third-order valence-corrected chi connectivity index (χ3v) is 7.30. The summed E-state index contributed by atoms with van der Waals surface area (Å²) in [4.78, 5) is 24.6. The van der Waals surface area contributed by atoms with Gasteiger partial charge in [-0.2, -0.15) is 9.41 Å². The van der Waals surface area contributed by atoms with E-state index in [1.165, 1.54) is 28.5 Å². The number of nitrogens with zero attached hydrogens (tertiary/aromatic N) is 4. The number of amides is 2. The molecule has 36 heavy (non-hydrogen) atoms. The van der Waals surface area contributed by atoms with Crippen molar-refractivity contribution in [2.45, 2.75) is 13.0 Å². The molecule has 1 atom stereocenters. The maximum atomic E-state index is 15.0. The van der Waals surface area contributed by atoms with Crippen LogP contribution < -0.4 is 10.2 Å². The number of hydrazone groups is 1. The van der Waals surface area contributed by atoms with Gasteiger partial charge in [0.25, 0.3) is 0 Å². The molecule has 0 saturated carbocycles. The van der Waals surface area contributed by atoms with Gasteiger partial charge >= 0.3 is 6.09 Å². The Morgan fingerprint density at radius 2 is 1.86 bits per heavy atom. The van der Waals surface area contributed by atoms with Crippen LogP contribution in [-0.2, 0) is 19.6 Å². The van der Waals surface area contributed by atoms with Gasteiger partial charge in [0.05, 0.1) is 31.2 Å². The third-order valence-electron chi connectivity index (χ3n) is 5.99. The highest BCUT2D eigenvalue weighted by molar-refractivity contribution is 7.88. The van der Waals surface area contributed by atoms with Crippen molar-refractivity contribution in [1.29, 1.82) is 0 Å². The molecule has 2 heterocycles.